The van der Waals surface area contributed by atoms with E-state index in [2.05, 4.69) is 228 Å². The molecule has 0 aliphatic heterocycles. The van der Waals surface area contributed by atoms with Crippen LogP contribution in [0.5, 0.6) is 0 Å². The first-order valence-electron chi connectivity index (χ1n) is 22.6. The van der Waals surface area contributed by atoms with Gasteiger partial charge in [-0.05, 0) is 143 Å². The van der Waals surface area contributed by atoms with E-state index in [1.165, 1.54) is 72.3 Å². The zero-order chi connectivity index (χ0) is 43.9. The van der Waals surface area contributed by atoms with Gasteiger partial charge in [-0.2, -0.15) is 0 Å². The number of benzene rings is 7. The van der Waals surface area contributed by atoms with Crippen LogP contribution in [-0.2, 0) is 27.1 Å². The molecule has 0 saturated carbocycles. The van der Waals surface area contributed by atoms with Gasteiger partial charge in [-0.15, -0.1) is 0 Å². The number of fused-ring (bicyclic) bond motifs is 9. The number of rotatable bonds is 4. The summed E-state index contributed by atoms with van der Waals surface area (Å²) in [6, 6.07) is 50.9. The highest BCUT2D eigenvalue weighted by atomic mass is 16.3. The maximum absolute atomic E-state index is 6.61. The molecule has 62 heavy (non-hydrogen) atoms. The first-order chi connectivity index (χ1) is 29.1. The minimum Gasteiger partial charge on any atom is -0.456 e. The van der Waals surface area contributed by atoms with E-state index in [9.17, 15) is 0 Å². The van der Waals surface area contributed by atoms with Crippen molar-refractivity contribution in [2.24, 2.45) is 0 Å². The average molecular weight is 812 g/mol. The van der Waals surface area contributed by atoms with Gasteiger partial charge in [0.1, 0.15) is 11.2 Å². The second-order valence-corrected chi connectivity index (χ2v) is 22.4. The number of hydrogen-bond donors (Lipinski definition) is 0. The van der Waals surface area contributed by atoms with Crippen molar-refractivity contribution in [2.75, 3.05) is 4.90 Å². The molecular weight excluding hydrogens is 751 g/mol. The van der Waals surface area contributed by atoms with Crippen LogP contribution >= 0.6 is 0 Å². The van der Waals surface area contributed by atoms with Crippen molar-refractivity contribution in [2.45, 2.75) is 117 Å². The third-order valence-electron chi connectivity index (χ3n) is 14.3. The smallest absolute Gasteiger partial charge is 0.135 e. The molecule has 0 amide bonds. The maximum Gasteiger partial charge on any atom is 0.135 e. The zero-order valence-corrected chi connectivity index (χ0v) is 39.1. The summed E-state index contributed by atoms with van der Waals surface area (Å²) in [4.78, 5) is 2.48. The summed E-state index contributed by atoms with van der Waals surface area (Å²) in [5.74, 6) is 0. The molecule has 2 nitrogen and oxygen atoms in total. The van der Waals surface area contributed by atoms with Crippen LogP contribution in [-0.4, -0.2) is 0 Å². The summed E-state index contributed by atoms with van der Waals surface area (Å²) in [5.41, 5.74) is 22.5. The minimum absolute atomic E-state index is 0.0233. The molecular formula is C60H61NO. The molecule has 0 bridgehead atoms. The largest absolute Gasteiger partial charge is 0.456 e. The highest BCUT2D eigenvalue weighted by Gasteiger charge is 2.40. The molecule has 7 aromatic carbocycles. The van der Waals surface area contributed by atoms with Gasteiger partial charge in [0.05, 0.1) is 0 Å². The number of anilines is 3. The Morgan fingerprint density at radius 2 is 0.919 bits per heavy atom. The highest BCUT2D eigenvalue weighted by molar-refractivity contribution is 6.08. The number of hydrogen-bond acceptors (Lipinski definition) is 2. The molecule has 0 atom stereocenters. The van der Waals surface area contributed by atoms with Gasteiger partial charge in [-0.3, -0.25) is 0 Å². The Balaban J connectivity index is 1.17. The maximum atomic E-state index is 6.61. The van der Waals surface area contributed by atoms with Crippen LogP contribution in [0, 0.1) is 0 Å². The monoisotopic (exact) mass is 811 g/mol. The van der Waals surface area contributed by atoms with Crippen LogP contribution in [0.15, 0.2) is 138 Å². The first-order valence-corrected chi connectivity index (χ1v) is 22.6. The van der Waals surface area contributed by atoms with E-state index in [0.717, 1.165) is 39.0 Å². The van der Waals surface area contributed by atoms with Gasteiger partial charge >= 0.3 is 0 Å². The minimum atomic E-state index is -0.159. The van der Waals surface area contributed by atoms with E-state index in [4.69, 9.17) is 4.42 Å². The normalized spacial score (nSPS) is 15.1. The van der Waals surface area contributed by atoms with E-state index in [1.54, 1.807) is 0 Å². The van der Waals surface area contributed by atoms with Crippen molar-refractivity contribution in [3.05, 3.63) is 172 Å². The molecule has 0 unspecified atom stereocenters. The average Bonchev–Trinajstić information content (AvgIpc) is 3.78. The SMILES string of the molecule is CC(C)(C)c1cc(-c2ccc3oc4ccc(N(c5ccc6c(c5)C(C)(C)c5ccccc5-6)c5ccc6c(c5)C(C)(C)c5cccc(C(C)(C)C)c5-6)cc4c3c2)cc(C(C)(C)C)c1. The summed E-state index contributed by atoms with van der Waals surface area (Å²) < 4.78 is 6.61. The van der Waals surface area contributed by atoms with Gasteiger partial charge in [0.15, 0.2) is 0 Å². The second kappa shape index (κ2) is 13.3. The van der Waals surface area contributed by atoms with Crippen LogP contribution in [0.2, 0.25) is 0 Å². The zero-order valence-electron chi connectivity index (χ0n) is 39.1. The van der Waals surface area contributed by atoms with Crippen LogP contribution < -0.4 is 4.90 Å². The van der Waals surface area contributed by atoms with E-state index in [1.807, 2.05) is 0 Å². The third kappa shape index (κ3) is 6.19. The molecule has 1 aromatic heterocycles. The topological polar surface area (TPSA) is 16.4 Å². The predicted octanol–water partition coefficient (Wildman–Crippen LogP) is 17.2. The molecule has 8 aromatic rings. The highest BCUT2D eigenvalue weighted by Crippen LogP contribution is 2.55. The molecule has 1 heterocycles. The number of furan rings is 1. The molecule has 2 aliphatic rings. The lowest BCUT2D eigenvalue weighted by atomic mass is 9.79. The Morgan fingerprint density at radius 1 is 0.403 bits per heavy atom. The summed E-state index contributed by atoms with van der Waals surface area (Å²) in [6.45, 7) is 30.4. The quantitative estimate of drug-likeness (QED) is 0.176. The molecule has 0 fully saturated rings. The van der Waals surface area contributed by atoms with Crippen molar-refractivity contribution < 1.29 is 4.42 Å². The molecule has 0 saturated heterocycles. The Labute approximate surface area is 369 Å². The van der Waals surface area contributed by atoms with Crippen LogP contribution in [0.1, 0.15) is 129 Å². The lowest BCUT2D eigenvalue weighted by molar-refractivity contribution is 0.569. The van der Waals surface area contributed by atoms with Crippen molar-refractivity contribution in [3.63, 3.8) is 0 Å². The Bertz CT molecular complexity index is 3100. The van der Waals surface area contributed by atoms with Gasteiger partial charge < -0.3 is 9.32 Å². The number of nitrogens with zero attached hydrogens (tertiary/aromatic N) is 1. The Hall–Kier alpha value is -5.86. The standard InChI is InChI=1S/C60H61NO/c1-56(2,3)38-29-37(30-39(32-38)57(4,5)6)36-21-27-53-46(31-36)47-33-40(24-28-54(47)62-53)61(41-22-25-44-43-17-14-15-18-48(43)59(10,11)51(44)34-41)42-23-26-45-52(35-42)60(12,13)50-20-16-19-49(55(45)50)58(7,8)9/h14-35H,1-13H3. The fourth-order valence-electron chi connectivity index (χ4n) is 10.6. The molecule has 10 rings (SSSR count). The van der Waals surface area contributed by atoms with Crippen molar-refractivity contribution in [1.82, 2.24) is 0 Å². The van der Waals surface area contributed by atoms with E-state index in [0.29, 0.717) is 0 Å². The molecule has 0 radical (unpaired) electrons. The van der Waals surface area contributed by atoms with E-state index >= 15 is 0 Å². The van der Waals surface area contributed by atoms with Gasteiger partial charge in [0, 0.05) is 38.7 Å². The first kappa shape index (κ1) is 40.2. The summed E-state index contributed by atoms with van der Waals surface area (Å²) >= 11 is 0. The van der Waals surface area contributed by atoms with Gasteiger partial charge in [0.2, 0.25) is 0 Å². The fraction of sp³-hybridized carbons (Fsp3) is 0.300. The van der Waals surface area contributed by atoms with E-state index in [-0.39, 0.29) is 27.1 Å². The third-order valence-corrected chi connectivity index (χ3v) is 14.3. The van der Waals surface area contributed by atoms with Crippen molar-refractivity contribution in [3.8, 4) is 33.4 Å². The summed E-state index contributed by atoms with van der Waals surface area (Å²) in [5, 5.41) is 2.24. The van der Waals surface area contributed by atoms with Crippen LogP contribution in [0.3, 0.4) is 0 Å². The Kier molecular flexibility index (Phi) is 8.64. The molecule has 0 N–H and O–H groups in total. The lowest BCUT2D eigenvalue weighted by Gasteiger charge is -2.29. The van der Waals surface area contributed by atoms with Gasteiger partial charge in [0.25, 0.3) is 0 Å². The summed E-state index contributed by atoms with van der Waals surface area (Å²) in [6.07, 6.45) is 0. The van der Waals surface area contributed by atoms with Crippen LogP contribution in [0.25, 0.3) is 55.3 Å². The molecule has 2 aliphatic carbocycles. The van der Waals surface area contributed by atoms with Crippen molar-refractivity contribution >= 4 is 39.0 Å². The molecule has 2 heteroatoms. The van der Waals surface area contributed by atoms with Crippen molar-refractivity contribution in [1.29, 1.82) is 0 Å². The molecule has 0 spiro atoms. The summed E-state index contributed by atoms with van der Waals surface area (Å²) in [7, 11) is 0. The van der Waals surface area contributed by atoms with Gasteiger partial charge in [-0.25, -0.2) is 0 Å². The lowest BCUT2D eigenvalue weighted by Crippen LogP contribution is -2.18. The Morgan fingerprint density at radius 3 is 1.56 bits per heavy atom. The second-order valence-electron chi connectivity index (χ2n) is 22.4. The van der Waals surface area contributed by atoms with Gasteiger partial charge in [-0.1, -0.05) is 169 Å². The molecule has 312 valence electrons. The van der Waals surface area contributed by atoms with E-state index < -0.39 is 0 Å². The van der Waals surface area contributed by atoms with Crippen LogP contribution in [0.4, 0.5) is 17.1 Å². The predicted molar refractivity (Wildman–Crippen MR) is 265 cm³/mol. The fourth-order valence-corrected chi connectivity index (χ4v) is 10.6.